The number of hydrogen-bond donors (Lipinski definition) is 2. The Hall–Kier alpha value is -4.13. The molecule has 3 aromatic carbocycles. The number of amides is 2. The molecule has 3 aromatic rings. The van der Waals surface area contributed by atoms with E-state index in [1.54, 1.807) is 0 Å². The Morgan fingerprint density at radius 1 is 0.923 bits per heavy atom. The Bertz CT molecular complexity index is 1570. The lowest BCUT2D eigenvalue weighted by Gasteiger charge is -2.41. The molecule has 2 amide bonds. The number of quaternary nitrogens is 1. The number of hydrogen-bond acceptors (Lipinski definition) is 4. The van der Waals surface area contributed by atoms with Gasteiger partial charge in [-0.15, -0.1) is 11.8 Å². The third-order valence-corrected chi connectivity index (χ3v) is 8.53. The van der Waals surface area contributed by atoms with Crippen molar-refractivity contribution in [3.63, 3.8) is 0 Å². The van der Waals surface area contributed by atoms with Gasteiger partial charge in [0.25, 0.3) is 5.91 Å². The Morgan fingerprint density at radius 2 is 1.69 bits per heavy atom. The molecule has 1 unspecified atom stereocenters. The second-order valence-corrected chi connectivity index (χ2v) is 11.1. The van der Waals surface area contributed by atoms with Crippen LogP contribution in [-0.4, -0.2) is 34.3 Å². The van der Waals surface area contributed by atoms with Crippen LogP contribution in [0.4, 0.5) is 5.69 Å². The van der Waals surface area contributed by atoms with E-state index in [1.807, 2.05) is 103 Å². The Kier molecular flexibility index (Phi) is 6.81. The van der Waals surface area contributed by atoms with Gasteiger partial charge in [-0.2, -0.15) is 4.48 Å². The molecular formula is C33H30N3O2S+. The maximum atomic E-state index is 14.3. The van der Waals surface area contributed by atoms with Crippen LogP contribution < -0.4 is 10.6 Å². The number of carbonyl (C=O) groups is 2. The van der Waals surface area contributed by atoms with Gasteiger partial charge in [0.05, 0.1) is 17.5 Å². The molecular weight excluding hydrogens is 502 g/mol. The standard InChI is InChI=1S/C33H29N3O2S/c1-23-11-12-26-20-34-21-28-22-39-18-17-36(28,31(26)19-23)33(38)25-13-15-27(16-14-25)35-32(37)30-10-6-5-9-29(30)24-7-3-2-4-8-24/h2-11,13-16,19-21,34H,12,17-18,22H2,1H3/p+1. The van der Waals surface area contributed by atoms with E-state index in [9.17, 15) is 9.59 Å². The maximum Gasteiger partial charge on any atom is 0.355 e. The summed E-state index contributed by atoms with van der Waals surface area (Å²) in [5.74, 6) is 1.58. The molecule has 194 valence electrons. The van der Waals surface area contributed by atoms with E-state index in [1.165, 1.54) is 5.57 Å². The zero-order valence-electron chi connectivity index (χ0n) is 21.8. The Balaban J connectivity index is 1.29. The second-order valence-electron chi connectivity index (χ2n) is 9.99. The van der Waals surface area contributed by atoms with E-state index >= 15 is 0 Å². The van der Waals surface area contributed by atoms with E-state index in [-0.39, 0.29) is 16.3 Å². The molecule has 6 rings (SSSR count). The van der Waals surface area contributed by atoms with Crippen molar-refractivity contribution in [3.05, 3.63) is 137 Å². The normalized spacial score (nSPS) is 20.0. The summed E-state index contributed by atoms with van der Waals surface area (Å²) in [6, 6.07) is 24.8. The van der Waals surface area contributed by atoms with Gasteiger partial charge in [-0.25, -0.2) is 4.79 Å². The van der Waals surface area contributed by atoms with E-state index in [2.05, 4.69) is 29.7 Å². The average molecular weight is 533 g/mol. The molecule has 2 heterocycles. The van der Waals surface area contributed by atoms with Crippen LogP contribution >= 0.6 is 11.8 Å². The van der Waals surface area contributed by atoms with Crippen molar-refractivity contribution < 1.29 is 14.1 Å². The number of carbonyl (C=O) groups excluding carboxylic acids is 2. The number of benzene rings is 3. The van der Waals surface area contributed by atoms with Crippen LogP contribution in [0.15, 0.2) is 126 Å². The Labute approximate surface area is 233 Å². The van der Waals surface area contributed by atoms with Crippen molar-refractivity contribution in [1.29, 1.82) is 0 Å². The highest BCUT2D eigenvalue weighted by Gasteiger charge is 2.49. The van der Waals surface area contributed by atoms with Gasteiger partial charge in [-0.1, -0.05) is 54.6 Å². The molecule has 2 N–H and O–H groups in total. The van der Waals surface area contributed by atoms with Gasteiger partial charge in [-0.3, -0.25) is 4.79 Å². The van der Waals surface area contributed by atoms with Crippen molar-refractivity contribution in [3.8, 4) is 11.1 Å². The van der Waals surface area contributed by atoms with Crippen LogP contribution in [-0.2, 0) is 0 Å². The predicted octanol–water partition coefficient (Wildman–Crippen LogP) is 6.87. The summed E-state index contributed by atoms with van der Waals surface area (Å²) in [5.41, 5.74) is 8.21. The molecule has 1 aliphatic carbocycles. The minimum absolute atomic E-state index is 0.0596. The molecule has 2 aliphatic heterocycles. The molecule has 0 bridgehead atoms. The fourth-order valence-corrected chi connectivity index (χ4v) is 6.60. The lowest BCUT2D eigenvalue weighted by Crippen LogP contribution is -2.55. The van der Waals surface area contributed by atoms with E-state index in [0.29, 0.717) is 23.4 Å². The third kappa shape index (κ3) is 4.67. The number of nitrogens with zero attached hydrogens (tertiary/aromatic N) is 1. The summed E-state index contributed by atoms with van der Waals surface area (Å²) in [4.78, 5) is 27.6. The van der Waals surface area contributed by atoms with E-state index in [4.69, 9.17) is 0 Å². The van der Waals surface area contributed by atoms with Crippen LogP contribution in [0, 0.1) is 0 Å². The highest BCUT2D eigenvalue weighted by molar-refractivity contribution is 7.99. The summed E-state index contributed by atoms with van der Waals surface area (Å²) < 4.78 is 0.215. The van der Waals surface area contributed by atoms with Crippen molar-refractivity contribution in [2.24, 2.45) is 0 Å². The van der Waals surface area contributed by atoms with Crippen molar-refractivity contribution >= 4 is 29.3 Å². The molecule has 6 heteroatoms. The zero-order chi connectivity index (χ0) is 26.8. The quantitative estimate of drug-likeness (QED) is 0.360. The van der Waals surface area contributed by atoms with Crippen LogP contribution in [0.5, 0.6) is 0 Å². The first-order valence-corrected chi connectivity index (χ1v) is 14.3. The SMILES string of the molecule is CC1=CCC2=CNC=C3CSCC[N+]3(C(=O)c3ccc(NC(=O)c4ccccc4-c4ccccc4)cc3)C2=C1. The predicted molar refractivity (Wildman–Crippen MR) is 159 cm³/mol. The first-order valence-electron chi connectivity index (χ1n) is 13.2. The maximum absolute atomic E-state index is 14.3. The lowest BCUT2D eigenvalue weighted by molar-refractivity contribution is -0.766. The van der Waals surface area contributed by atoms with Crippen LogP contribution in [0.1, 0.15) is 34.1 Å². The van der Waals surface area contributed by atoms with Gasteiger partial charge < -0.3 is 10.6 Å². The van der Waals surface area contributed by atoms with Gasteiger partial charge >= 0.3 is 5.91 Å². The largest absolute Gasteiger partial charge is 0.363 e. The van der Waals surface area contributed by atoms with Gasteiger partial charge in [0.15, 0.2) is 5.70 Å². The monoisotopic (exact) mass is 532 g/mol. The molecule has 0 saturated carbocycles. The van der Waals surface area contributed by atoms with Gasteiger partial charge in [0, 0.05) is 34.9 Å². The molecule has 5 nitrogen and oxygen atoms in total. The molecule has 1 atom stereocenters. The summed E-state index contributed by atoms with van der Waals surface area (Å²) in [6.45, 7) is 2.81. The summed E-state index contributed by atoms with van der Waals surface area (Å²) >= 11 is 1.86. The molecule has 1 fully saturated rings. The third-order valence-electron chi connectivity index (χ3n) is 7.56. The highest BCUT2D eigenvalue weighted by atomic mass is 32.2. The summed E-state index contributed by atoms with van der Waals surface area (Å²) in [7, 11) is 0. The van der Waals surface area contributed by atoms with Crippen LogP contribution in [0.3, 0.4) is 0 Å². The number of fused-ring (bicyclic) bond motifs is 3. The van der Waals surface area contributed by atoms with Crippen molar-refractivity contribution in [2.45, 2.75) is 13.3 Å². The summed E-state index contributed by atoms with van der Waals surface area (Å²) in [6.07, 6.45) is 9.22. The zero-order valence-corrected chi connectivity index (χ0v) is 22.6. The number of allylic oxidation sites excluding steroid dienone is 4. The fourth-order valence-electron chi connectivity index (χ4n) is 5.54. The number of thioether (sulfide) groups is 1. The van der Waals surface area contributed by atoms with Crippen LogP contribution in [0.25, 0.3) is 11.1 Å². The first-order chi connectivity index (χ1) is 19.1. The molecule has 1 saturated heterocycles. The minimum Gasteiger partial charge on any atom is -0.363 e. The van der Waals surface area contributed by atoms with Crippen molar-refractivity contribution in [2.75, 3.05) is 23.4 Å². The number of rotatable bonds is 4. The van der Waals surface area contributed by atoms with Gasteiger partial charge in [0.2, 0.25) is 0 Å². The summed E-state index contributed by atoms with van der Waals surface area (Å²) in [5, 5.41) is 6.35. The van der Waals surface area contributed by atoms with E-state index in [0.717, 1.165) is 46.0 Å². The van der Waals surface area contributed by atoms with Crippen LogP contribution in [0.2, 0.25) is 0 Å². The van der Waals surface area contributed by atoms with E-state index < -0.39 is 0 Å². The highest BCUT2D eigenvalue weighted by Crippen LogP contribution is 2.42. The van der Waals surface area contributed by atoms with Gasteiger partial charge in [-0.05, 0) is 60.4 Å². The molecule has 3 aliphatic rings. The lowest BCUT2D eigenvalue weighted by atomic mass is 9.95. The molecule has 39 heavy (non-hydrogen) atoms. The minimum atomic E-state index is -0.184. The second kappa shape index (κ2) is 10.6. The number of anilines is 1. The Morgan fingerprint density at radius 3 is 2.51 bits per heavy atom. The smallest absolute Gasteiger partial charge is 0.355 e. The molecule has 0 spiro atoms. The van der Waals surface area contributed by atoms with Gasteiger partial charge in [0.1, 0.15) is 12.2 Å². The van der Waals surface area contributed by atoms with Crippen molar-refractivity contribution in [1.82, 2.24) is 5.32 Å². The number of nitrogens with one attached hydrogen (secondary N) is 2. The first kappa shape index (κ1) is 25.2. The average Bonchev–Trinajstić information content (AvgIpc) is 3.15. The molecule has 0 aromatic heterocycles. The topological polar surface area (TPSA) is 58.2 Å². The molecule has 0 radical (unpaired) electrons. The fraction of sp³-hybridized carbons (Fsp3) is 0.152.